The van der Waals surface area contributed by atoms with Crippen molar-refractivity contribution in [2.45, 2.75) is 95.4 Å². The average molecular weight is 447 g/mol. The lowest BCUT2D eigenvalue weighted by molar-refractivity contribution is -0.160. The van der Waals surface area contributed by atoms with Crippen molar-refractivity contribution in [1.82, 2.24) is 5.32 Å². The number of hydrogen-bond acceptors (Lipinski definition) is 6. The van der Waals surface area contributed by atoms with Gasteiger partial charge in [0, 0.05) is 19.3 Å². The summed E-state index contributed by atoms with van der Waals surface area (Å²) in [7, 11) is 0. The highest BCUT2D eigenvalue weighted by atomic mass is 16.6. The van der Waals surface area contributed by atoms with E-state index in [0.717, 1.165) is 31.4 Å². The van der Waals surface area contributed by atoms with Crippen LogP contribution in [0.25, 0.3) is 0 Å². The third-order valence-electron chi connectivity index (χ3n) is 6.11. The third kappa shape index (κ3) is 6.45. The molecule has 1 amide bonds. The van der Waals surface area contributed by atoms with Crippen LogP contribution >= 0.6 is 0 Å². The van der Waals surface area contributed by atoms with Gasteiger partial charge in [0.15, 0.2) is 0 Å². The highest BCUT2D eigenvalue weighted by Gasteiger charge is 2.45. The summed E-state index contributed by atoms with van der Waals surface area (Å²) in [6.45, 7) is 8.21. The molecule has 1 aliphatic carbocycles. The summed E-state index contributed by atoms with van der Waals surface area (Å²) in [6.07, 6.45) is 6.21. The molecule has 7 heteroatoms. The highest BCUT2D eigenvalue weighted by molar-refractivity contribution is 5.95. The molecule has 7 nitrogen and oxygen atoms in total. The van der Waals surface area contributed by atoms with Gasteiger partial charge in [0.1, 0.15) is 22.8 Å². The van der Waals surface area contributed by atoms with E-state index in [1.54, 1.807) is 27.7 Å². The number of esters is 1. The maximum absolute atomic E-state index is 13.2. The molecule has 2 fully saturated rings. The molecule has 0 aromatic heterocycles. The van der Waals surface area contributed by atoms with E-state index in [1.807, 2.05) is 24.3 Å². The molecule has 1 heterocycles. The van der Waals surface area contributed by atoms with Gasteiger partial charge in [-0.15, -0.1) is 0 Å². The molecule has 1 saturated carbocycles. The van der Waals surface area contributed by atoms with Crippen molar-refractivity contribution in [1.29, 1.82) is 0 Å². The Bertz CT molecular complexity index is 773. The highest BCUT2D eigenvalue weighted by Crippen LogP contribution is 2.32. The molecule has 2 unspecified atom stereocenters. The van der Waals surface area contributed by atoms with Gasteiger partial charge in [0.25, 0.3) is 0 Å². The Balaban J connectivity index is 1.81. The fourth-order valence-corrected chi connectivity index (χ4v) is 4.34. The van der Waals surface area contributed by atoms with Crippen LogP contribution in [-0.2, 0) is 19.1 Å². The van der Waals surface area contributed by atoms with Crippen LogP contribution in [0, 0.1) is 0 Å². The summed E-state index contributed by atoms with van der Waals surface area (Å²) in [6, 6.07) is 7.30. The Hall–Kier alpha value is -2.12. The predicted octanol–water partition coefficient (Wildman–Crippen LogP) is 3.45. The summed E-state index contributed by atoms with van der Waals surface area (Å²) in [4.78, 5) is 26.4. The number of ether oxygens (including phenoxy) is 3. The van der Waals surface area contributed by atoms with E-state index in [9.17, 15) is 9.59 Å². The SMILES string of the molecule is CC(C)(C)OC(=O)C(c1ccc(OC2CCCC2)cc1)C(C)(N)C(=O)NC1CCOCC1. The van der Waals surface area contributed by atoms with E-state index in [1.165, 1.54) is 12.8 Å². The predicted molar refractivity (Wildman–Crippen MR) is 122 cm³/mol. The number of hydrogen-bond donors (Lipinski definition) is 2. The first kappa shape index (κ1) is 24.5. The van der Waals surface area contributed by atoms with Crippen LogP contribution in [0.2, 0.25) is 0 Å². The molecule has 178 valence electrons. The van der Waals surface area contributed by atoms with Crippen molar-refractivity contribution in [3.8, 4) is 5.75 Å². The lowest BCUT2D eigenvalue weighted by Gasteiger charge is -2.35. The lowest BCUT2D eigenvalue weighted by Crippen LogP contribution is -2.60. The molecule has 2 aliphatic rings. The topological polar surface area (TPSA) is 99.9 Å². The molecule has 1 aliphatic heterocycles. The molecule has 1 saturated heterocycles. The van der Waals surface area contributed by atoms with Gasteiger partial charge >= 0.3 is 5.97 Å². The summed E-state index contributed by atoms with van der Waals surface area (Å²) >= 11 is 0. The molecule has 3 rings (SSSR count). The maximum Gasteiger partial charge on any atom is 0.316 e. The first-order valence-corrected chi connectivity index (χ1v) is 11.7. The second kappa shape index (κ2) is 10.2. The Morgan fingerprint density at radius 2 is 1.62 bits per heavy atom. The van der Waals surface area contributed by atoms with Gasteiger partial charge in [-0.3, -0.25) is 9.59 Å². The summed E-state index contributed by atoms with van der Waals surface area (Å²) in [5.74, 6) is -1.09. The standard InChI is InChI=1S/C25H38N2O5/c1-24(2,3)32-22(28)21(25(4,26)23(29)27-18-13-15-30-16-14-18)17-9-11-20(12-10-17)31-19-7-5-6-8-19/h9-12,18-19,21H,5-8,13-16,26H2,1-4H3,(H,27,29). The second-order valence-corrected chi connectivity index (χ2v) is 10.2. The van der Waals surface area contributed by atoms with Crippen LogP contribution in [0.4, 0.5) is 0 Å². The van der Waals surface area contributed by atoms with Crippen molar-refractivity contribution in [3.05, 3.63) is 29.8 Å². The number of nitrogens with one attached hydrogen (secondary N) is 1. The van der Waals surface area contributed by atoms with Crippen LogP contribution in [0.1, 0.15) is 77.7 Å². The molecule has 32 heavy (non-hydrogen) atoms. The smallest absolute Gasteiger partial charge is 0.316 e. The van der Waals surface area contributed by atoms with Gasteiger partial charge in [-0.1, -0.05) is 12.1 Å². The van der Waals surface area contributed by atoms with Gasteiger partial charge < -0.3 is 25.3 Å². The minimum absolute atomic E-state index is 0.0133. The molecule has 1 aromatic carbocycles. The zero-order chi connectivity index (χ0) is 23.4. The number of rotatable bonds is 7. The van der Waals surface area contributed by atoms with Crippen molar-refractivity contribution >= 4 is 11.9 Å². The largest absolute Gasteiger partial charge is 0.490 e. The normalized spacial score (nSPS) is 20.9. The number of carbonyl (C=O) groups is 2. The number of nitrogens with two attached hydrogens (primary N) is 1. The fraction of sp³-hybridized carbons (Fsp3) is 0.680. The van der Waals surface area contributed by atoms with Crippen LogP contribution < -0.4 is 15.8 Å². The molecule has 3 N–H and O–H groups in total. The summed E-state index contributed by atoms with van der Waals surface area (Å²) < 4.78 is 17.1. The zero-order valence-corrected chi connectivity index (χ0v) is 19.8. The van der Waals surface area contributed by atoms with Gasteiger partial charge in [0.2, 0.25) is 5.91 Å². The van der Waals surface area contributed by atoms with E-state index < -0.39 is 23.0 Å². The van der Waals surface area contributed by atoms with E-state index in [-0.39, 0.29) is 18.1 Å². The van der Waals surface area contributed by atoms with Gasteiger partial charge in [-0.25, -0.2) is 0 Å². The van der Waals surface area contributed by atoms with Gasteiger partial charge in [-0.05, 0) is 83.9 Å². The van der Waals surface area contributed by atoms with Gasteiger partial charge in [-0.2, -0.15) is 0 Å². The molecule has 0 spiro atoms. The molecular formula is C25H38N2O5. The number of carbonyl (C=O) groups excluding carboxylic acids is 2. The first-order valence-electron chi connectivity index (χ1n) is 11.7. The Morgan fingerprint density at radius 3 is 2.19 bits per heavy atom. The van der Waals surface area contributed by atoms with E-state index >= 15 is 0 Å². The van der Waals surface area contributed by atoms with Crippen LogP contribution in [0.5, 0.6) is 5.75 Å². The number of benzene rings is 1. The molecule has 2 atom stereocenters. The summed E-state index contributed by atoms with van der Waals surface area (Å²) in [5, 5.41) is 3.01. The van der Waals surface area contributed by atoms with Crippen molar-refractivity contribution in [2.24, 2.45) is 5.73 Å². The fourth-order valence-electron chi connectivity index (χ4n) is 4.34. The van der Waals surface area contributed by atoms with Crippen molar-refractivity contribution in [2.75, 3.05) is 13.2 Å². The maximum atomic E-state index is 13.2. The van der Waals surface area contributed by atoms with Crippen molar-refractivity contribution in [3.63, 3.8) is 0 Å². The van der Waals surface area contributed by atoms with Crippen LogP contribution in [0.15, 0.2) is 24.3 Å². The molecule has 1 aromatic rings. The molecule has 0 radical (unpaired) electrons. The average Bonchev–Trinajstić information content (AvgIpc) is 3.22. The van der Waals surface area contributed by atoms with Crippen molar-refractivity contribution < 1.29 is 23.8 Å². The first-order chi connectivity index (χ1) is 15.1. The number of amides is 1. The quantitative estimate of drug-likeness (QED) is 0.623. The Kier molecular flexibility index (Phi) is 7.83. The zero-order valence-electron chi connectivity index (χ0n) is 19.8. The minimum atomic E-state index is -1.49. The monoisotopic (exact) mass is 446 g/mol. The third-order valence-corrected chi connectivity index (χ3v) is 6.11. The Morgan fingerprint density at radius 1 is 1.03 bits per heavy atom. The summed E-state index contributed by atoms with van der Waals surface area (Å²) in [5.41, 5.74) is 5.01. The van der Waals surface area contributed by atoms with E-state index in [0.29, 0.717) is 18.8 Å². The minimum Gasteiger partial charge on any atom is -0.490 e. The van der Waals surface area contributed by atoms with E-state index in [2.05, 4.69) is 5.32 Å². The lowest BCUT2D eigenvalue weighted by atomic mass is 9.80. The Labute approximate surface area is 191 Å². The molecule has 0 bridgehead atoms. The van der Waals surface area contributed by atoms with E-state index in [4.69, 9.17) is 19.9 Å². The van der Waals surface area contributed by atoms with Gasteiger partial charge in [0.05, 0.1) is 6.10 Å². The van der Waals surface area contributed by atoms with Crippen LogP contribution in [0.3, 0.4) is 0 Å². The van der Waals surface area contributed by atoms with Crippen LogP contribution in [-0.4, -0.2) is 48.4 Å². The second-order valence-electron chi connectivity index (χ2n) is 10.2. The molecular weight excluding hydrogens is 408 g/mol.